The average Bonchev–Trinajstić information content (AvgIpc) is 2.39. The highest BCUT2D eigenvalue weighted by Gasteiger charge is 2.12. The lowest BCUT2D eigenvalue weighted by molar-refractivity contribution is 0.205. The van der Waals surface area contributed by atoms with Gasteiger partial charge in [0, 0.05) is 38.0 Å². The number of rotatable bonds is 8. The van der Waals surface area contributed by atoms with Crippen LogP contribution in [0.15, 0.2) is 18.2 Å². The van der Waals surface area contributed by atoms with Crippen LogP contribution in [0.25, 0.3) is 0 Å². The zero-order valence-corrected chi connectivity index (χ0v) is 11.5. The Kier molecular flexibility index (Phi) is 6.68. The highest BCUT2D eigenvalue weighted by Crippen LogP contribution is 2.23. The molecule has 1 N–H and O–H groups in total. The number of hydrogen-bond acceptors (Lipinski definition) is 3. The molecule has 1 rings (SSSR count). The predicted octanol–water partition coefficient (Wildman–Crippen LogP) is 2.41. The molecule has 0 aliphatic heterocycles. The molecule has 0 heterocycles. The maximum atomic E-state index is 13.9. The summed E-state index contributed by atoms with van der Waals surface area (Å²) in [6, 6.07) is 5.24. The molecule has 1 aromatic carbocycles. The number of hydrogen-bond donors (Lipinski definition) is 1. The Bertz CT molecular complexity index is 358. The summed E-state index contributed by atoms with van der Waals surface area (Å²) in [5, 5.41) is 3.18. The van der Waals surface area contributed by atoms with E-state index in [0.29, 0.717) is 13.2 Å². The van der Waals surface area contributed by atoms with Crippen molar-refractivity contribution >= 4 is 5.69 Å². The minimum atomic E-state index is -0.149. The van der Waals surface area contributed by atoms with Crippen molar-refractivity contribution < 1.29 is 9.13 Å². The molecule has 0 saturated carbocycles. The van der Waals surface area contributed by atoms with Gasteiger partial charge in [0.25, 0.3) is 0 Å². The van der Waals surface area contributed by atoms with E-state index in [9.17, 15) is 4.39 Å². The quantitative estimate of drug-likeness (QED) is 0.771. The van der Waals surface area contributed by atoms with Crippen LogP contribution in [0.3, 0.4) is 0 Å². The number of halogens is 1. The fraction of sp³-hybridized carbons (Fsp3) is 0.571. The van der Waals surface area contributed by atoms with Crippen molar-refractivity contribution in [1.82, 2.24) is 5.32 Å². The van der Waals surface area contributed by atoms with Crippen LogP contribution in [-0.2, 0) is 11.3 Å². The molecular formula is C14H23FN2O. The second kappa shape index (κ2) is 8.06. The van der Waals surface area contributed by atoms with Crippen molar-refractivity contribution in [2.75, 3.05) is 38.3 Å². The molecule has 1 aromatic rings. The number of anilines is 1. The van der Waals surface area contributed by atoms with Crippen LogP contribution >= 0.6 is 0 Å². The fourth-order valence-corrected chi connectivity index (χ4v) is 1.92. The number of ether oxygens (including phenoxy) is 1. The van der Waals surface area contributed by atoms with Gasteiger partial charge in [-0.05, 0) is 25.6 Å². The normalized spacial score (nSPS) is 10.7. The molecule has 102 valence electrons. The summed E-state index contributed by atoms with van der Waals surface area (Å²) in [4.78, 5) is 2.14. The Balaban J connectivity index is 2.93. The first-order chi connectivity index (χ1) is 8.74. The molecule has 0 fully saturated rings. The molecule has 18 heavy (non-hydrogen) atoms. The first-order valence-corrected chi connectivity index (χ1v) is 6.46. The maximum absolute atomic E-state index is 13.9. The summed E-state index contributed by atoms with van der Waals surface area (Å²) in [6.45, 7) is 7.73. The number of likely N-dealkylation sites (N-methyl/N-ethyl adjacent to an activating group) is 1. The van der Waals surface area contributed by atoms with Crippen molar-refractivity contribution in [2.24, 2.45) is 0 Å². The number of methoxy groups -OCH3 is 1. The SMILES string of the molecule is CCNCc1c(F)cccc1N(CC)CCOC. The van der Waals surface area contributed by atoms with Gasteiger partial charge in [0.15, 0.2) is 0 Å². The van der Waals surface area contributed by atoms with E-state index in [1.807, 2.05) is 13.0 Å². The summed E-state index contributed by atoms with van der Waals surface area (Å²) in [5.74, 6) is -0.149. The van der Waals surface area contributed by atoms with Crippen molar-refractivity contribution in [3.63, 3.8) is 0 Å². The first kappa shape index (κ1) is 14.9. The topological polar surface area (TPSA) is 24.5 Å². The van der Waals surface area contributed by atoms with Crippen LogP contribution in [0.2, 0.25) is 0 Å². The van der Waals surface area contributed by atoms with Gasteiger partial charge in [-0.2, -0.15) is 0 Å². The molecule has 0 bridgehead atoms. The molecule has 4 heteroatoms. The average molecular weight is 254 g/mol. The summed E-state index contributed by atoms with van der Waals surface area (Å²) < 4.78 is 19.0. The van der Waals surface area contributed by atoms with Gasteiger partial charge in [0.1, 0.15) is 5.82 Å². The number of nitrogens with one attached hydrogen (secondary N) is 1. The molecule has 0 saturated heterocycles. The van der Waals surface area contributed by atoms with E-state index in [-0.39, 0.29) is 5.82 Å². The smallest absolute Gasteiger partial charge is 0.129 e. The van der Waals surface area contributed by atoms with Gasteiger partial charge >= 0.3 is 0 Å². The Morgan fingerprint density at radius 1 is 1.33 bits per heavy atom. The molecule has 0 unspecified atom stereocenters. The van der Waals surface area contributed by atoms with E-state index in [1.54, 1.807) is 13.2 Å². The standard InChI is InChI=1S/C14H23FN2O/c1-4-16-11-12-13(15)7-6-8-14(12)17(5-2)9-10-18-3/h6-8,16H,4-5,9-11H2,1-3H3. The molecule has 0 amide bonds. The summed E-state index contributed by atoms with van der Waals surface area (Å²) >= 11 is 0. The fourth-order valence-electron chi connectivity index (χ4n) is 1.92. The van der Waals surface area contributed by atoms with Crippen LogP contribution < -0.4 is 10.2 Å². The van der Waals surface area contributed by atoms with Crippen LogP contribution in [0.1, 0.15) is 19.4 Å². The van der Waals surface area contributed by atoms with E-state index in [0.717, 1.165) is 30.9 Å². The molecule has 0 aliphatic carbocycles. The Labute approximate surface area is 109 Å². The molecule has 0 aliphatic rings. The van der Waals surface area contributed by atoms with E-state index in [4.69, 9.17) is 4.74 Å². The monoisotopic (exact) mass is 254 g/mol. The molecular weight excluding hydrogens is 231 g/mol. The van der Waals surface area contributed by atoms with E-state index >= 15 is 0 Å². The largest absolute Gasteiger partial charge is 0.383 e. The third kappa shape index (κ3) is 3.96. The minimum Gasteiger partial charge on any atom is -0.383 e. The zero-order valence-electron chi connectivity index (χ0n) is 11.5. The summed E-state index contributed by atoms with van der Waals surface area (Å²) in [6.07, 6.45) is 0. The van der Waals surface area contributed by atoms with Gasteiger partial charge in [0.05, 0.1) is 6.61 Å². The molecule has 0 spiro atoms. The molecule has 0 aromatic heterocycles. The molecule has 0 radical (unpaired) electrons. The van der Waals surface area contributed by atoms with Gasteiger partial charge in [-0.3, -0.25) is 0 Å². The van der Waals surface area contributed by atoms with Gasteiger partial charge in [0.2, 0.25) is 0 Å². The molecule has 0 atom stereocenters. The lowest BCUT2D eigenvalue weighted by atomic mass is 10.1. The number of nitrogens with zero attached hydrogens (tertiary/aromatic N) is 1. The Hall–Kier alpha value is -1.13. The van der Waals surface area contributed by atoms with Crippen molar-refractivity contribution in [1.29, 1.82) is 0 Å². The van der Waals surface area contributed by atoms with Gasteiger partial charge in [-0.15, -0.1) is 0 Å². The van der Waals surface area contributed by atoms with Gasteiger partial charge in [-0.1, -0.05) is 13.0 Å². The van der Waals surface area contributed by atoms with Crippen molar-refractivity contribution in [2.45, 2.75) is 20.4 Å². The van der Waals surface area contributed by atoms with Gasteiger partial charge < -0.3 is 15.0 Å². The second-order valence-electron chi connectivity index (χ2n) is 4.09. The lowest BCUT2D eigenvalue weighted by Crippen LogP contribution is -2.29. The third-order valence-corrected chi connectivity index (χ3v) is 2.93. The zero-order chi connectivity index (χ0) is 13.4. The van der Waals surface area contributed by atoms with E-state index in [1.165, 1.54) is 6.07 Å². The van der Waals surface area contributed by atoms with Crippen molar-refractivity contribution in [3.05, 3.63) is 29.6 Å². The lowest BCUT2D eigenvalue weighted by Gasteiger charge is -2.25. The Morgan fingerprint density at radius 2 is 2.11 bits per heavy atom. The van der Waals surface area contributed by atoms with Gasteiger partial charge in [-0.25, -0.2) is 4.39 Å². The van der Waals surface area contributed by atoms with Crippen LogP contribution in [0.4, 0.5) is 10.1 Å². The van der Waals surface area contributed by atoms with Crippen molar-refractivity contribution in [3.8, 4) is 0 Å². The van der Waals surface area contributed by atoms with E-state index in [2.05, 4.69) is 17.1 Å². The molecule has 3 nitrogen and oxygen atoms in total. The number of benzene rings is 1. The highest BCUT2D eigenvalue weighted by atomic mass is 19.1. The third-order valence-electron chi connectivity index (χ3n) is 2.93. The Morgan fingerprint density at radius 3 is 2.72 bits per heavy atom. The summed E-state index contributed by atoms with van der Waals surface area (Å²) in [7, 11) is 1.68. The van der Waals surface area contributed by atoms with E-state index < -0.39 is 0 Å². The first-order valence-electron chi connectivity index (χ1n) is 6.46. The van der Waals surface area contributed by atoms with Crippen LogP contribution in [0, 0.1) is 5.82 Å². The van der Waals surface area contributed by atoms with Crippen LogP contribution in [-0.4, -0.2) is 33.4 Å². The predicted molar refractivity (Wildman–Crippen MR) is 73.5 cm³/mol. The maximum Gasteiger partial charge on any atom is 0.129 e. The minimum absolute atomic E-state index is 0.149. The summed E-state index contributed by atoms with van der Waals surface area (Å²) in [5.41, 5.74) is 1.69. The highest BCUT2D eigenvalue weighted by molar-refractivity contribution is 5.54. The second-order valence-corrected chi connectivity index (χ2v) is 4.09. The van der Waals surface area contributed by atoms with Crippen LogP contribution in [0.5, 0.6) is 0 Å².